The van der Waals surface area contributed by atoms with Crippen molar-refractivity contribution in [3.63, 3.8) is 0 Å². The Bertz CT molecular complexity index is 386. The van der Waals surface area contributed by atoms with E-state index < -0.39 is 55.2 Å². The van der Waals surface area contributed by atoms with Crippen molar-refractivity contribution in [2.24, 2.45) is 0 Å². The first-order valence-corrected chi connectivity index (χ1v) is 6.23. The van der Waals surface area contributed by atoms with Gasteiger partial charge in [0.15, 0.2) is 12.4 Å². The molecule has 22 heavy (non-hydrogen) atoms. The lowest BCUT2D eigenvalue weighted by Crippen LogP contribution is -2.60. The molecule has 11 nitrogen and oxygen atoms in total. The Balaban J connectivity index is 2.87. The summed E-state index contributed by atoms with van der Waals surface area (Å²) in [6.45, 7) is 1.05. The van der Waals surface area contributed by atoms with E-state index in [1.54, 1.807) is 0 Å². The van der Waals surface area contributed by atoms with Gasteiger partial charge in [0.2, 0.25) is 6.29 Å². The van der Waals surface area contributed by atoms with Crippen molar-refractivity contribution in [3.8, 4) is 0 Å². The van der Waals surface area contributed by atoms with Gasteiger partial charge in [0, 0.05) is 0 Å². The first-order valence-electron chi connectivity index (χ1n) is 6.23. The minimum atomic E-state index is -2.15. The van der Waals surface area contributed by atoms with E-state index >= 15 is 0 Å². The van der Waals surface area contributed by atoms with Crippen molar-refractivity contribution in [3.05, 3.63) is 0 Å². The molecule has 0 bridgehead atoms. The van der Waals surface area contributed by atoms with Crippen LogP contribution in [-0.4, -0.2) is 92.3 Å². The van der Waals surface area contributed by atoms with E-state index in [0.29, 0.717) is 0 Å². The Morgan fingerprint density at radius 3 is 2.14 bits per heavy atom. The molecule has 0 aliphatic carbocycles. The number of aliphatic hydroxyl groups excluding tert-OH is 5. The van der Waals surface area contributed by atoms with E-state index in [1.807, 2.05) is 0 Å². The first kappa shape index (κ1) is 18.7. The van der Waals surface area contributed by atoms with Gasteiger partial charge in [-0.15, -0.1) is 0 Å². The van der Waals surface area contributed by atoms with E-state index in [1.165, 1.54) is 0 Å². The lowest BCUT2D eigenvalue weighted by Gasteiger charge is -2.40. The van der Waals surface area contributed by atoms with Crippen LogP contribution in [0.5, 0.6) is 0 Å². The van der Waals surface area contributed by atoms with Crippen molar-refractivity contribution >= 4 is 12.4 Å². The molecule has 0 spiro atoms. The van der Waals surface area contributed by atoms with Crippen LogP contribution in [0.1, 0.15) is 6.92 Å². The summed E-state index contributed by atoms with van der Waals surface area (Å²) in [5.74, 6) is -1.70. The van der Waals surface area contributed by atoms with Crippen LogP contribution < -0.4 is 0 Å². The van der Waals surface area contributed by atoms with Gasteiger partial charge in [-0.2, -0.15) is 0 Å². The van der Waals surface area contributed by atoms with Crippen molar-refractivity contribution in [2.45, 2.75) is 56.1 Å². The third-order valence-electron chi connectivity index (χ3n) is 3.05. The number of carboxylic acids is 1. The second-order valence-electron chi connectivity index (χ2n) is 4.70. The molecule has 8 atom stereocenters. The summed E-state index contributed by atoms with van der Waals surface area (Å²) in [6, 6.07) is 0. The molecule has 0 aromatic carbocycles. The van der Waals surface area contributed by atoms with Crippen LogP contribution in [0.4, 0.5) is 0 Å². The smallest absolute Gasteiger partial charge is 0.335 e. The summed E-state index contributed by atoms with van der Waals surface area (Å²) in [4.78, 5) is 21.0. The average molecular weight is 326 g/mol. The molecule has 11 heteroatoms. The van der Waals surface area contributed by atoms with Gasteiger partial charge in [0.1, 0.15) is 24.4 Å². The Morgan fingerprint density at radius 1 is 1.14 bits per heavy atom. The van der Waals surface area contributed by atoms with E-state index in [0.717, 1.165) is 6.92 Å². The van der Waals surface area contributed by atoms with E-state index in [-0.39, 0.29) is 6.47 Å². The highest BCUT2D eigenvalue weighted by Gasteiger charge is 2.47. The Hall–Kier alpha value is -1.34. The Morgan fingerprint density at radius 2 is 1.68 bits per heavy atom. The van der Waals surface area contributed by atoms with Crippen molar-refractivity contribution < 1.29 is 54.4 Å². The zero-order valence-electron chi connectivity index (χ0n) is 11.4. The molecule has 0 aromatic heterocycles. The van der Waals surface area contributed by atoms with Crippen molar-refractivity contribution in [1.29, 1.82) is 0 Å². The summed E-state index contributed by atoms with van der Waals surface area (Å²) in [5.41, 5.74) is 0. The molecule has 0 saturated carbocycles. The van der Waals surface area contributed by atoms with Gasteiger partial charge < -0.3 is 44.8 Å². The van der Waals surface area contributed by atoms with Gasteiger partial charge >= 0.3 is 5.97 Å². The predicted octanol–water partition coefficient (Wildman–Crippen LogP) is -3.86. The number of hydrogen-bond acceptors (Lipinski definition) is 10. The maximum absolute atomic E-state index is 10.7. The fourth-order valence-corrected chi connectivity index (χ4v) is 1.84. The molecule has 1 rings (SSSR count). The van der Waals surface area contributed by atoms with Crippen LogP contribution in [0.3, 0.4) is 0 Å². The zero-order chi connectivity index (χ0) is 17.0. The molecule has 1 aliphatic rings. The standard InChI is InChI=1S/C11H18O11/c1-3(13)8(7(17)9(18)19)21-11-6(16)4(14)5(15)10(22-11)20-2-12/h2-8,10-11,13-17H,1H3,(H,18,19)/t3?,4-,5-,6?,7?,8?,10?,11+/m0/s1. The molecular weight excluding hydrogens is 308 g/mol. The summed E-state index contributed by atoms with van der Waals surface area (Å²) >= 11 is 0. The number of aliphatic carboxylic acids is 1. The topological polar surface area (TPSA) is 183 Å². The van der Waals surface area contributed by atoms with Gasteiger partial charge in [0.25, 0.3) is 6.47 Å². The molecule has 128 valence electrons. The number of aliphatic hydroxyl groups is 5. The summed E-state index contributed by atoms with van der Waals surface area (Å²) in [5, 5.41) is 56.5. The molecular formula is C11H18O11. The molecule has 1 fully saturated rings. The molecule has 1 heterocycles. The highest BCUT2D eigenvalue weighted by atomic mass is 16.8. The van der Waals surface area contributed by atoms with Gasteiger partial charge in [0.05, 0.1) is 6.10 Å². The number of ether oxygens (including phenoxy) is 3. The number of carboxylic acid groups (broad SMARTS) is 1. The van der Waals surface area contributed by atoms with Crippen LogP contribution in [0, 0.1) is 0 Å². The maximum atomic E-state index is 10.7. The Labute approximate surface area is 124 Å². The van der Waals surface area contributed by atoms with Gasteiger partial charge in [-0.05, 0) is 6.92 Å². The highest BCUT2D eigenvalue weighted by Crippen LogP contribution is 2.24. The summed E-state index contributed by atoms with van der Waals surface area (Å²) in [7, 11) is 0. The molecule has 1 aliphatic heterocycles. The van der Waals surface area contributed by atoms with E-state index in [4.69, 9.17) is 14.6 Å². The lowest BCUT2D eigenvalue weighted by atomic mass is 10.0. The third-order valence-corrected chi connectivity index (χ3v) is 3.05. The second kappa shape index (κ2) is 7.78. The fraction of sp³-hybridized carbons (Fsp3) is 0.818. The number of hydrogen-bond donors (Lipinski definition) is 6. The molecule has 1 saturated heterocycles. The largest absolute Gasteiger partial charge is 0.479 e. The lowest BCUT2D eigenvalue weighted by molar-refractivity contribution is -0.354. The third kappa shape index (κ3) is 4.10. The van der Waals surface area contributed by atoms with Crippen LogP contribution in [0.25, 0.3) is 0 Å². The van der Waals surface area contributed by atoms with Crippen molar-refractivity contribution in [2.75, 3.05) is 0 Å². The first-order chi connectivity index (χ1) is 10.2. The summed E-state index contributed by atoms with van der Waals surface area (Å²) < 4.78 is 14.2. The molecule has 0 radical (unpaired) electrons. The van der Waals surface area contributed by atoms with Crippen LogP contribution in [0.2, 0.25) is 0 Å². The van der Waals surface area contributed by atoms with E-state index in [9.17, 15) is 35.1 Å². The molecule has 5 unspecified atom stereocenters. The fourth-order valence-electron chi connectivity index (χ4n) is 1.84. The monoisotopic (exact) mass is 326 g/mol. The van der Waals surface area contributed by atoms with Crippen LogP contribution in [-0.2, 0) is 23.8 Å². The van der Waals surface area contributed by atoms with Crippen molar-refractivity contribution in [1.82, 2.24) is 0 Å². The molecule has 0 amide bonds. The number of rotatable bonds is 7. The predicted molar refractivity (Wildman–Crippen MR) is 64.0 cm³/mol. The van der Waals surface area contributed by atoms with Gasteiger partial charge in [-0.1, -0.05) is 0 Å². The minimum Gasteiger partial charge on any atom is -0.479 e. The van der Waals surface area contributed by atoms with E-state index in [2.05, 4.69) is 4.74 Å². The van der Waals surface area contributed by atoms with Crippen LogP contribution in [0.15, 0.2) is 0 Å². The Kier molecular flexibility index (Phi) is 6.62. The average Bonchev–Trinajstić information content (AvgIpc) is 2.45. The van der Waals surface area contributed by atoms with Gasteiger partial charge in [-0.3, -0.25) is 4.79 Å². The highest BCUT2D eigenvalue weighted by molar-refractivity contribution is 5.72. The second-order valence-corrected chi connectivity index (χ2v) is 4.70. The molecule has 6 N–H and O–H groups in total. The normalized spacial score (nSPS) is 36.2. The number of carbonyl (C=O) groups excluding carboxylic acids is 1. The summed E-state index contributed by atoms with van der Waals surface area (Å²) in [6.07, 6.45) is -14.2. The molecule has 0 aromatic rings. The maximum Gasteiger partial charge on any atom is 0.335 e. The van der Waals surface area contributed by atoms with Crippen LogP contribution >= 0.6 is 0 Å². The minimum absolute atomic E-state index is 0.0758. The SMILES string of the molecule is CC(O)C(O[C@@H]1OC(OC=O)[C@@H](O)[C@H](O)C1O)C(O)C(=O)O. The quantitative estimate of drug-likeness (QED) is 0.252. The zero-order valence-corrected chi connectivity index (χ0v) is 11.4. The van der Waals surface area contributed by atoms with Gasteiger partial charge in [-0.25, -0.2) is 4.79 Å². The number of carbonyl (C=O) groups is 2.